The third-order valence-electron chi connectivity index (χ3n) is 2.14. The average molecular weight is 230 g/mol. The fourth-order valence-corrected chi connectivity index (χ4v) is 1.62. The summed E-state index contributed by atoms with van der Waals surface area (Å²) in [5, 5.41) is 9.18. The van der Waals surface area contributed by atoms with E-state index in [1.54, 1.807) is 18.6 Å². The molecule has 0 radical (unpaired) electrons. The van der Waals surface area contributed by atoms with Crippen LogP contribution in [0.1, 0.15) is 5.69 Å². The quantitative estimate of drug-likeness (QED) is 0.796. The van der Waals surface area contributed by atoms with Gasteiger partial charge in [-0.25, -0.2) is 0 Å². The van der Waals surface area contributed by atoms with E-state index < -0.39 is 0 Å². The Labute approximate surface area is 98.4 Å². The Kier molecular flexibility index (Phi) is 3.13. The Morgan fingerprint density at radius 3 is 2.94 bits per heavy atom. The lowest BCUT2D eigenvalue weighted by molar-refractivity contribution is 1.12. The number of hydrogen-bond acceptors (Lipinski definition) is 3. The van der Waals surface area contributed by atoms with Crippen LogP contribution in [-0.4, -0.2) is 9.97 Å². The van der Waals surface area contributed by atoms with Crippen molar-refractivity contribution < 1.29 is 0 Å². The van der Waals surface area contributed by atoms with Crippen molar-refractivity contribution >= 4 is 11.6 Å². The first kappa shape index (κ1) is 10.6. The minimum absolute atomic E-state index is 0.282. The Bertz CT molecular complexity index is 532. The predicted octanol–water partition coefficient (Wildman–Crippen LogP) is 2.86. The molecule has 3 nitrogen and oxygen atoms in total. The molecule has 0 unspecified atom stereocenters. The number of aromatic nitrogens is 2. The van der Waals surface area contributed by atoms with Gasteiger partial charge in [0.25, 0.3) is 0 Å². The van der Waals surface area contributed by atoms with Crippen molar-refractivity contribution in [2.75, 3.05) is 0 Å². The molecule has 4 heteroatoms. The maximum atomic E-state index is 8.62. The van der Waals surface area contributed by atoms with Crippen LogP contribution in [0, 0.1) is 11.3 Å². The largest absolute Gasteiger partial charge is 0.264 e. The smallest absolute Gasteiger partial charge is 0.0774 e. The molecule has 0 aliphatic rings. The fourth-order valence-electron chi connectivity index (χ4n) is 1.40. The van der Waals surface area contributed by atoms with E-state index in [2.05, 4.69) is 16.0 Å². The Morgan fingerprint density at radius 2 is 2.25 bits per heavy atom. The van der Waals surface area contributed by atoms with Gasteiger partial charge in [-0.15, -0.1) is 0 Å². The van der Waals surface area contributed by atoms with E-state index in [9.17, 15) is 0 Å². The third-order valence-corrected chi connectivity index (χ3v) is 2.45. The van der Waals surface area contributed by atoms with Crippen LogP contribution in [0.2, 0.25) is 5.02 Å². The molecule has 0 N–H and O–H groups in total. The lowest BCUT2D eigenvalue weighted by Crippen LogP contribution is -1.90. The lowest BCUT2D eigenvalue weighted by Gasteiger charge is -2.04. The standard InChI is InChI=1S/C12H8ClN3/c13-12-8-16-10(3-4-14)6-11(12)9-2-1-5-15-7-9/h1-2,5-8H,3H2. The molecule has 2 heterocycles. The SMILES string of the molecule is N#CCc1cc(-c2cccnc2)c(Cl)cn1. The summed E-state index contributed by atoms with van der Waals surface area (Å²) in [7, 11) is 0. The minimum Gasteiger partial charge on any atom is -0.264 e. The summed E-state index contributed by atoms with van der Waals surface area (Å²) in [5.41, 5.74) is 2.50. The molecule has 0 fully saturated rings. The molecule has 0 spiro atoms. The number of hydrogen-bond donors (Lipinski definition) is 0. The molecule has 2 aromatic rings. The highest BCUT2D eigenvalue weighted by molar-refractivity contribution is 6.33. The Morgan fingerprint density at radius 1 is 1.38 bits per heavy atom. The van der Waals surface area contributed by atoms with Crippen molar-refractivity contribution in [1.82, 2.24) is 9.97 Å². The van der Waals surface area contributed by atoms with Gasteiger partial charge in [0.05, 0.1) is 23.2 Å². The van der Waals surface area contributed by atoms with E-state index in [1.807, 2.05) is 18.2 Å². The van der Waals surface area contributed by atoms with Crippen LogP contribution in [0.15, 0.2) is 36.8 Å². The molecule has 2 rings (SSSR count). The maximum Gasteiger partial charge on any atom is 0.0774 e. The molecular weight excluding hydrogens is 222 g/mol. The first-order valence-corrected chi connectivity index (χ1v) is 5.11. The van der Waals surface area contributed by atoms with Crippen LogP contribution in [-0.2, 0) is 6.42 Å². The second-order valence-corrected chi connectivity index (χ2v) is 3.64. The summed E-state index contributed by atoms with van der Waals surface area (Å²) in [6, 6.07) is 7.65. The number of nitrogens with zero attached hydrogens (tertiary/aromatic N) is 3. The van der Waals surface area contributed by atoms with Gasteiger partial charge in [0.15, 0.2) is 0 Å². The molecule has 0 amide bonds. The molecule has 16 heavy (non-hydrogen) atoms. The monoisotopic (exact) mass is 229 g/mol. The van der Waals surface area contributed by atoms with E-state index >= 15 is 0 Å². The van der Waals surface area contributed by atoms with Gasteiger partial charge in [0, 0.05) is 29.7 Å². The van der Waals surface area contributed by atoms with Crippen LogP contribution in [0.5, 0.6) is 0 Å². The van der Waals surface area contributed by atoms with Gasteiger partial charge in [-0.1, -0.05) is 17.7 Å². The number of halogens is 1. The van der Waals surface area contributed by atoms with Gasteiger partial charge < -0.3 is 0 Å². The van der Waals surface area contributed by atoms with Crippen molar-refractivity contribution in [2.45, 2.75) is 6.42 Å². The van der Waals surface area contributed by atoms with Crippen molar-refractivity contribution in [1.29, 1.82) is 5.26 Å². The third kappa shape index (κ3) is 2.18. The molecule has 2 aromatic heterocycles. The van der Waals surface area contributed by atoms with E-state index in [1.165, 1.54) is 0 Å². The minimum atomic E-state index is 0.282. The fraction of sp³-hybridized carbons (Fsp3) is 0.0833. The Balaban J connectivity index is 2.48. The summed E-state index contributed by atoms with van der Waals surface area (Å²) in [6.45, 7) is 0. The normalized spacial score (nSPS) is 9.75. The van der Waals surface area contributed by atoms with Crippen LogP contribution >= 0.6 is 11.6 Å². The highest BCUT2D eigenvalue weighted by Crippen LogP contribution is 2.26. The van der Waals surface area contributed by atoms with Gasteiger partial charge >= 0.3 is 0 Å². The summed E-state index contributed by atoms with van der Waals surface area (Å²) in [6.07, 6.45) is 5.28. The summed E-state index contributed by atoms with van der Waals surface area (Å²) >= 11 is 6.06. The van der Waals surface area contributed by atoms with Crippen LogP contribution in [0.4, 0.5) is 0 Å². The molecule has 0 aliphatic heterocycles. The molecule has 0 atom stereocenters. The topological polar surface area (TPSA) is 49.6 Å². The van der Waals surface area contributed by atoms with Crippen molar-refractivity contribution in [2.24, 2.45) is 0 Å². The molecule has 0 aliphatic carbocycles. The zero-order valence-corrected chi connectivity index (χ0v) is 9.15. The molecule has 0 aromatic carbocycles. The molecule has 0 bridgehead atoms. The lowest BCUT2D eigenvalue weighted by atomic mass is 10.1. The predicted molar refractivity (Wildman–Crippen MR) is 61.8 cm³/mol. The van der Waals surface area contributed by atoms with Crippen LogP contribution in [0.25, 0.3) is 11.1 Å². The van der Waals surface area contributed by atoms with Gasteiger partial charge in [-0.05, 0) is 12.1 Å². The van der Waals surface area contributed by atoms with Crippen molar-refractivity contribution in [3.05, 3.63) is 47.5 Å². The van der Waals surface area contributed by atoms with Crippen molar-refractivity contribution in [3.63, 3.8) is 0 Å². The molecule has 0 saturated carbocycles. The van der Waals surface area contributed by atoms with E-state index in [0.29, 0.717) is 10.7 Å². The number of nitriles is 1. The first-order chi connectivity index (χ1) is 7.81. The zero-order valence-electron chi connectivity index (χ0n) is 8.39. The summed E-state index contributed by atoms with van der Waals surface area (Å²) < 4.78 is 0. The summed E-state index contributed by atoms with van der Waals surface area (Å²) in [5.74, 6) is 0. The van der Waals surface area contributed by atoms with E-state index in [0.717, 1.165) is 11.1 Å². The van der Waals surface area contributed by atoms with Gasteiger partial charge in [-0.2, -0.15) is 5.26 Å². The van der Waals surface area contributed by atoms with Gasteiger partial charge in [0.2, 0.25) is 0 Å². The molecule has 0 saturated heterocycles. The highest BCUT2D eigenvalue weighted by atomic mass is 35.5. The first-order valence-electron chi connectivity index (χ1n) is 4.73. The van der Waals surface area contributed by atoms with E-state index in [4.69, 9.17) is 16.9 Å². The van der Waals surface area contributed by atoms with Crippen LogP contribution in [0.3, 0.4) is 0 Å². The average Bonchev–Trinajstić information content (AvgIpc) is 2.33. The summed E-state index contributed by atoms with van der Waals surface area (Å²) in [4.78, 5) is 8.11. The van der Waals surface area contributed by atoms with Gasteiger partial charge in [-0.3, -0.25) is 9.97 Å². The van der Waals surface area contributed by atoms with Crippen molar-refractivity contribution in [3.8, 4) is 17.2 Å². The highest BCUT2D eigenvalue weighted by Gasteiger charge is 2.05. The van der Waals surface area contributed by atoms with Crippen LogP contribution < -0.4 is 0 Å². The van der Waals surface area contributed by atoms with E-state index in [-0.39, 0.29) is 6.42 Å². The molecular formula is C12H8ClN3. The number of pyridine rings is 2. The molecule has 78 valence electrons. The second-order valence-electron chi connectivity index (χ2n) is 3.23. The number of rotatable bonds is 2. The second kappa shape index (κ2) is 4.73. The maximum absolute atomic E-state index is 8.62. The van der Waals surface area contributed by atoms with Gasteiger partial charge in [0.1, 0.15) is 0 Å². The zero-order chi connectivity index (χ0) is 11.4. The Hall–Kier alpha value is -1.92.